The first-order valence-corrected chi connectivity index (χ1v) is 10.2. The van der Waals surface area contributed by atoms with Gasteiger partial charge < -0.3 is 10.1 Å². The lowest BCUT2D eigenvalue weighted by atomic mass is 10.2. The van der Waals surface area contributed by atoms with Gasteiger partial charge in [0, 0.05) is 29.7 Å². The van der Waals surface area contributed by atoms with E-state index in [0.717, 1.165) is 4.88 Å². The van der Waals surface area contributed by atoms with Gasteiger partial charge in [0.2, 0.25) is 10.0 Å². The molecule has 7 nitrogen and oxygen atoms in total. The predicted molar refractivity (Wildman–Crippen MR) is 94.0 cm³/mol. The number of hydrogen-bond acceptors (Lipinski definition) is 6. The number of ether oxygens (including phenoxy) is 1. The van der Waals surface area contributed by atoms with Gasteiger partial charge in [-0.25, -0.2) is 8.42 Å². The van der Waals surface area contributed by atoms with Gasteiger partial charge in [0.05, 0.1) is 29.7 Å². The van der Waals surface area contributed by atoms with Gasteiger partial charge in [0.1, 0.15) is 0 Å². The molecule has 1 aromatic carbocycles. The number of hydrogen-bond donors (Lipinski definition) is 1. The van der Waals surface area contributed by atoms with Crippen LogP contribution in [0.2, 0.25) is 0 Å². The zero-order chi connectivity index (χ0) is 17.9. The van der Waals surface area contributed by atoms with Crippen LogP contribution in [0.25, 0.3) is 0 Å². The number of morpholine rings is 1. The smallest absolute Gasteiger partial charge is 0.251 e. The highest BCUT2D eigenvalue weighted by Gasteiger charge is 2.27. The average molecular weight is 381 g/mol. The summed E-state index contributed by atoms with van der Waals surface area (Å²) in [7, 11) is -3.62. The van der Waals surface area contributed by atoms with Crippen LogP contribution < -0.4 is 5.32 Å². The fourth-order valence-corrected chi connectivity index (χ4v) is 4.61. The molecule has 1 amide bonds. The molecular weight excluding hydrogens is 362 g/mol. The minimum absolute atomic E-state index is 0.118. The minimum atomic E-state index is -3.62. The highest BCUT2D eigenvalue weighted by atomic mass is 32.2. The Labute approximate surface area is 150 Å². The lowest BCUT2D eigenvalue weighted by molar-refractivity contribution is 0.0730. The Balaban J connectivity index is 1.77. The van der Waals surface area contributed by atoms with Crippen LogP contribution in [0, 0.1) is 0 Å². The van der Waals surface area contributed by atoms with Crippen LogP contribution in [0.1, 0.15) is 28.2 Å². The molecule has 0 aliphatic carbocycles. The summed E-state index contributed by atoms with van der Waals surface area (Å²) < 4.78 is 32.0. The second-order valence-corrected chi connectivity index (χ2v) is 8.50. The van der Waals surface area contributed by atoms with Crippen LogP contribution in [0.5, 0.6) is 0 Å². The van der Waals surface area contributed by atoms with Crippen molar-refractivity contribution in [2.75, 3.05) is 26.3 Å². The molecule has 3 rings (SSSR count). The highest BCUT2D eigenvalue weighted by molar-refractivity contribution is 7.89. The van der Waals surface area contributed by atoms with Crippen molar-refractivity contribution < 1.29 is 17.9 Å². The second kappa shape index (κ2) is 7.61. The van der Waals surface area contributed by atoms with E-state index in [1.807, 2.05) is 6.92 Å². The lowest BCUT2D eigenvalue weighted by Crippen LogP contribution is -2.40. The van der Waals surface area contributed by atoms with Crippen molar-refractivity contribution in [2.24, 2.45) is 0 Å². The molecule has 9 heteroatoms. The van der Waals surface area contributed by atoms with E-state index in [-0.39, 0.29) is 16.8 Å². The topological polar surface area (TPSA) is 88.6 Å². The van der Waals surface area contributed by atoms with E-state index in [4.69, 9.17) is 4.74 Å². The molecule has 2 aromatic rings. The zero-order valence-corrected chi connectivity index (χ0v) is 15.3. The maximum Gasteiger partial charge on any atom is 0.251 e. The number of aromatic nitrogens is 1. The largest absolute Gasteiger partial charge is 0.379 e. The minimum Gasteiger partial charge on any atom is -0.379 e. The van der Waals surface area contributed by atoms with Gasteiger partial charge in [-0.15, -0.1) is 11.3 Å². The van der Waals surface area contributed by atoms with Crippen LogP contribution in [0.4, 0.5) is 0 Å². The summed E-state index contributed by atoms with van der Waals surface area (Å²) in [6.45, 7) is 3.26. The first-order valence-electron chi connectivity index (χ1n) is 7.85. The van der Waals surface area contributed by atoms with Crippen LogP contribution in [-0.2, 0) is 14.8 Å². The Bertz CT molecular complexity index is 831. The Morgan fingerprint density at radius 1 is 1.36 bits per heavy atom. The quantitative estimate of drug-likeness (QED) is 0.851. The van der Waals surface area contributed by atoms with Crippen LogP contribution in [0.3, 0.4) is 0 Å². The molecule has 0 saturated carbocycles. The number of nitrogens with zero attached hydrogens (tertiary/aromatic N) is 2. The van der Waals surface area contributed by atoms with Gasteiger partial charge in [0.25, 0.3) is 5.91 Å². The fraction of sp³-hybridized carbons (Fsp3) is 0.375. The Morgan fingerprint density at radius 3 is 2.80 bits per heavy atom. The van der Waals surface area contributed by atoms with Crippen LogP contribution in [-0.4, -0.2) is 49.9 Å². The molecule has 1 aliphatic rings. The van der Waals surface area contributed by atoms with E-state index in [1.54, 1.807) is 23.8 Å². The monoisotopic (exact) mass is 381 g/mol. The summed E-state index contributed by atoms with van der Waals surface area (Å²) in [6.07, 6.45) is 1.70. The summed E-state index contributed by atoms with van der Waals surface area (Å²) in [6, 6.07) is 5.92. The molecular formula is C16H19N3O4S2. The molecule has 1 aromatic heterocycles. The number of carbonyl (C=O) groups excluding carboxylic acids is 1. The number of sulfonamides is 1. The second-order valence-electron chi connectivity index (χ2n) is 5.64. The number of rotatable bonds is 5. The van der Waals surface area contributed by atoms with Crippen molar-refractivity contribution in [1.29, 1.82) is 0 Å². The Morgan fingerprint density at radius 2 is 2.12 bits per heavy atom. The number of benzene rings is 1. The van der Waals surface area contributed by atoms with Crippen molar-refractivity contribution in [3.63, 3.8) is 0 Å². The molecule has 0 bridgehead atoms. The Hall–Kier alpha value is -1.81. The summed E-state index contributed by atoms with van der Waals surface area (Å²) in [5.74, 6) is -0.320. The van der Waals surface area contributed by atoms with Crippen LogP contribution in [0.15, 0.2) is 40.9 Å². The standard InChI is InChI=1S/C16H19N3O4S2/c1-12(15-10-17-11-24-15)18-16(20)13-3-2-4-14(9-13)25(21,22)19-5-7-23-8-6-19/h2-4,9-12H,5-8H2,1H3,(H,18,20)/t12-/m0/s1. The normalized spacial score (nSPS) is 17.2. The molecule has 134 valence electrons. The lowest BCUT2D eigenvalue weighted by Gasteiger charge is -2.26. The molecule has 1 fully saturated rings. The summed E-state index contributed by atoms with van der Waals surface area (Å²) in [5, 5.41) is 2.86. The molecule has 1 N–H and O–H groups in total. The first kappa shape index (κ1) is 18.0. The van der Waals surface area contributed by atoms with E-state index in [1.165, 1.54) is 27.8 Å². The van der Waals surface area contributed by atoms with E-state index in [9.17, 15) is 13.2 Å². The van der Waals surface area contributed by atoms with Gasteiger partial charge >= 0.3 is 0 Å². The van der Waals surface area contributed by atoms with Crippen LogP contribution >= 0.6 is 11.3 Å². The van der Waals surface area contributed by atoms with E-state index >= 15 is 0 Å². The van der Waals surface area contributed by atoms with Crippen molar-refractivity contribution in [3.05, 3.63) is 46.4 Å². The SMILES string of the molecule is C[C@H](NC(=O)c1cccc(S(=O)(=O)N2CCOCC2)c1)c1cncs1. The summed E-state index contributed by atoms with van der Waals surface area (Å²) in [5.41, 5.74) is 2.01. The average Bonchev–Trinajstić information content (AvgIpc) is 3.17. The predicted octanol–water partition coefficient (Wildman–Crippen LogP) is 1.66. The maximum absolute atomic E-state index is 12.7. The molecule has 1 saturated heterocycles. The Kier molecular flexibility index (Phi) is 5.48. The van der Waals surface area contributed by atoms with Crippen molar-refractivity contribution in [2.45, 2.75) is 17.9 Å². The number of nitrogens with one attached hydrogen (secondary N) is 1. The van der Waals surface area contributed by atoms with Gasteiger partial charge in [-0.1, -0.05) is 6.07 Å². The molecule has 0 radical (unpaired) electrons. The third-order valence-electron chi connectivity index (χ3n) is 3.93. The molecule has 0 spiro atoms. The number of carbonyl (C=O) groups is 1. The van der Waals surface area contributed by atoms with Gasteiger partial charge in [0.15, 0.2) is 0 Å². The van der Waals surface area contributed by atoms with E-state index in [2.05, 4.69) is 10.3 Å². The molecule has 25 heavy (non-hydrogen) atoms. The third kappa shape index (κ3) is 4.06. The van der Waals surface area contributed by atoms with E-state index < -0.39 is 10.0 Å². The molecule has 1 aliphatic heterocycles. The maximum atomic E-state index is 12.7. The first-order chi connectivity index (χ1) is 12.0. The summed E-state index contributed by atoms with van der Waals surface area (Å²) >= 11 is 1.45. The fourth-order valence-electron chi connectivity index (χ4n) is 2.52. The van der Waals surface area contributed by atoms with Gasteiger partial charge in [-0.05, 0) is 25.1 Å². The van der Waals surface area contributed by atoms with Gasteiger partial charge in [-0.3, -0.25) is 9.78 Å². The molecule has 1 atom stereocenters. The number of thiazole rings is 1. The molecule has 2 heterocycles. The van der Waals surface area contributed by atoms with Crippen molar-refractivity contribution in [1.82, 2.24) is 14.6 Å². The summed E-state index contributed by atoms with van der Waals surface area (Å²) in [4.78, 5) is 17.5. The van der Waals surface area contributed by atoms with Crippen molar-refractivity contribution in [3.8, 4) is 0 Å². The number of amides is 1. The third-order valence-corrected chi connectivity index (χ3v) is 6.78. The van der Waals surface area contributed by atoms with Gasteiger partial charge in [-0.2, -0.15) is 4.31 Å². The molecule has 0 unspecified atom stereocenters. The van der Waals surface area contributed by atoms with E-state index in [0.29, 0.717) is 31.9 Å². The zero-order valence-electron chi connectivity index (χ0n) is 13.7. The highest BCUT2D eigenvalue weighted by Crippen LogP contribution is 2.20. The van der Waals surface area contributed by atoms with Crippen molar-refractivity contribution >= 4 is 27.3 Å².